The summed E-state index contributed by atoms with van der Waals surface area (Å²) < 4.78 is 16.3. The molecular formula is C14H18O4. The van der Waals surface area contributed by atoms with Crippen molar-refractivity contribution in [3.8, 4) is 5.75 Å². The van der Waals surface area contributed by atoms with E-state index in [4.69, 9.17) is 14.2 Å². The molecule has 1 aromatic rings. The minimum absolute atomic E-state index is 0.0831. The van der Waals surface area contributed by atoms with E-state index in [2.05, 4.69) is 0 Å². The van der Waals surface area contributed by atoms with Crippen LogP contribution in [0.5, 0.6) is 5.75 Å². The second kappa shape index (κ2) is 5.87. The van der Waals surface area contributed by atoms with E-state index in [-0.39, 0.29) is 18.3 Å². The van der Waals surface area contributed by atoms with Crippen molar-refractivity contribution in [2.45, 2.75) is 32.5 Å². The highest BCUT2D eigenvalue weighted by molar-refractivity contribution is 5.71. The zero-order valence-corrected chi connectivity index (χ0v) is 10.7. The number of fused-ring (bicyclic) bond motifs is 1. The van der Waals surface area contributed by atoms with Crippen molar-refractivity contribution in [3.63, 3.8) is 0 Å². The SMILES string of the molecule is CCOC(=O)CC1c2ccccc2OC1OCC. The lowest BCUT2D eigenvalue weighted by Crippen LogP contribution is -2.25. The number of carbonyl (C=O) groups excluding carboxylic acids is 1. The molecule has 0 saturated carbocycles. The maximum Gasteiger partial charge on any atom is 0.306 e. The van der Waals surface area contributed by atoms with Crippen LogP contribution in [0.4, 0.5) is 0 Å². The summed E-state index contributed by atoms with van der Waals surface area (Å²) in [4.78, 5) is 11.6. The van der Waals surface area contributed by atoms with Crippen molar-refractivity contribution in [1.82, 2.24) is 0 Å². The van der Waals surface area contributed by atoms with E-state index in [1.807, 2.05) is 31.2 Å². The summed E-state index contributed by atoms with van der Waals surface area (Å²) in [5, 5.41) is 0. The van der Waals surface area contributed by atoms with E-state index in [0.717, 1.165) is 11.3 Å². The standard InChI is InChI=1S/C14H18O4/c1-3-16-13(15)9-11-10-7-5-6-8-12(10)18-14(11)17-4-2/h5-8,11,14H,3-4,9H2,1-2H3. The predicted molar refractivity (Wildman–Crippen MR) is 66.5 cm³/mol. The number of rotatable bonds is 5. The molecule has 0 aliphatic carbocycles. The van der Waals surface area contributed by atoms with E-state index in [1.54, 1.807) is 6.92 Å². The summed E-state index contributed by atoms with van der Waals surface area (Å²) >= 11 is 0. The molecule has 4 nitrogen and oxygen atoms in total. The fourth-order valence-corrected chi connectivity index (χ4v) is 2.17. The lowest BCUT2D eigenvalue weighted by Gasteiger charge is -2.17. The van der Waals surface area contributed by atoms with E-state index in [9.17, 15) is 4.79 Å². The highest BCUT2D eigenvalue weighted by atomic mass is 16.7. The molecule has 98 valence electrons. The Balaban J connectivity index is 2.15. The van der Waals surface area contributed by atoms with E-state index in [0.29, 0.717) is 13.2 Å². The van der Waals surface area contributed by atoms with Gasteiger partial charge >= 0.3 is 5.97 Å². The monoisotopic (exact) mass is 250 g/mol. The Morgan fingerprint density at radius 1 is 1.28 bits per heavy atom. The second-order valence-corrected chi connectivity index (χ2v) is 4.10. The number of hydrogen-bond acceptors (Lipinski definition) is 4. The fourth-order valence-electron chi connectivity index (χ4n) is 2.17. The Kier molecular flexibility index (Phi) is 4.20. The molecule has 1 aliphatic rings. The Bertz CT molecular complexity index is 416. The number of hydrogen-bond donors (Lipinski definition) is 0. The first kappa shape index (κ1) is 12.9. The maximum atomic E-state index is 11.6. The first-order chi connectivity index (χ1) is 8.76. The largest absolute Gasteiger partial charge is 0.466 e. The van der Waals surface area contributed by atoms with Crippen LogP contribution in [0.2, 0.25) is 0 Å². The second-order valence-electron chi connectivity index (χ2n) is 4.10. The van der Waals surface area contributed by atoms with Crippen LogP contribution in [0.3, 0.4) is 0 Å². The fraction of sp³-hybridized carbons (Fsp3) is 0.500. The summed E-state index contributed by atoms with van der Waals surface area (Å²) in [6.07, 6.45) is -0.105. The molecule has 0 N–H and O–H groups in total. The number of ether oxygens (including phenoxy) is 3. The van der Waals surface area contributed by atoms with Gasteiger partial charge in [-0.1, -0.05) is 18.2 Å². The lowest BCUT2D eigenvalue weighted by molar-refractivity contribution is -0.146. The van der Waals surface area contributed by atoms with Gasteiger partial charge in [0.2, 0.25) is 6.29 Å². The third kappa shape index (κ3) is 2.64. The maximum absolute atomic E-state index is 11.6. The van der Waals surface area contributed by atoms with Gasteiger partial charge in [0.1, 0.15) is 5.75 Å². The molecule has 4 heteroatoms. The molecule has 2 rings (SSSR count). The number of carbonyl (C=O) groups is 1. The highest BCUT2D eigenvalue weighted by Crippen LogP contribution is 2.40. The van der Waals surface area contributed by atoms with Gasteiger partial charge in [-0.25, -0.2) is 0 Å². The van der Waals surface area contributed by atoms with Crippen molar-refractivity contribution in [3.05, 3.63) is 29.8 Å². The Morgan fingerprint density at radius 2 is 2.06 bits per heavy atom. The summed E-state index contributed by atoms with van der Waals surface area (Å²) in [5.74, 6) is 0.498. The van der Waals surface area contributed by atoms with Crippen LogP contribution in [0, 0.1) is 0 Å². The van der Waals surface area contributed by atoms with E-state index < -0.39 is 6.29 Å². The van der Waals surface area contributed by atoms with Crippen LogP contribution < -0.4 is 4.74 Å². The summed E-state index contributed by atoms with van der Waals surface area (Å²) in [6, 6.07) is 7.72. The van der Waals surface area contributed by atoms with Gasteiger partial charge in [0.25, 0.3) is 0 Å². The Labute approximate surface area is 107 Å². The van der Waals surface area contributed by atoms with Crippen LogP contribution >= 0.6 is 0 Å². The zero-order chi connectivity index (χ0) is 13.0. The molecule has 2 unspecified atom stereocenters. The Hall–Kier alpha value is -1.55. The van der Waals surface area contributed by atoms with Crippen LogP contribution in [-0.2, 0) is 14.3 Å². The van der Waals surface area contributed by atoms with Gasteiger partial charge in [-0.05, 0) is 19.9 Å². The molecule has 2 atom stereocenters. The van der Waals surface area contributed by atoms with Gasteiger partial charge in [-0.3, -0.25) is 4.79 Å². The van der Waals surface area contributed by atoms with E-state index in [1.165, 1.54) is 0 Å². The van der Waals surface area contributed by atoms with Crippen LogP contribution in [0.25, 0.3) is 0 Å². The Morgan fingerprint density at radius 3 is 2.78 bits per heavy atom. The number of benzene rings is 1. The van der Waals surface area contributed by atoms with Gasteiger partial charge in [-0.2, -0.15) is 0 Å². The molecule has 0 fully saturated rings. The van der Waals surface area contributed by atoms with Gasteiger partial charge in [0.15, 0.2) is 0 Å². The minimum atomic E-state index is -0.392. The third-order valence-electron chi connectivity index (χ3n) is 2.91. The average Bonchev–Trinajstić information content (AvgIpc) is 2.69. The van der Waals surface area contributed by atoms with Crippen molar-refractivity contribution < 1.29 is 19.0 Å². The van der Waals surface area contributed by atoms with Crippen molar-refractivity contribution >= 4 is 5.97 Å². The first-order valence-electron chi connectivity index (χ1n) is 6.29. The number of para-hydroxylation sites is 1. The minimum Gasteiger partial charge on any atom is -0.466 e. The molecule has 1 heterocycles. The molecule has 0 saturated heterocycles. The molecule has 18 heavy (non-hydrogen) atoms. The average molecular weight is 250 g/mol. The molecule has 0 amide bonds. The van der Waals surface area contributed by atoms with Gasteiger partial charge in [0, 0.05) is 12.2 Å². The summed E-state index contributed by atoms with van der Waals surface area (Å²) in [6.45, 7) is 4.66. The number of esters is 1. The highest BCUT2D eigenvalue weighted by Gasteiger charge is 2.36. The van der Waals surface area contributed by atoms with Crippen molar-refractivity contribution in [2.75, 3.05) is 13.2 Å². The van der Waals surface area contributed by atoms with Crippen LogP contribution in [-0.4, -0.2) is 25.5 Å². The smallest absolute Gasteiger partial charge is 0.306 e. The van der Waals surface area contributed by atoms with Crippen LogP contribution in [0.1, 0.15) is 31.7 Å². The van der Waals surface area contributed by atoms with E-state index >= 15 is 0 Å². The molecule has 0 radical (unpaired) electrons. The molecule has 1 aliphatic heterocycles. The zero-order valence-electron chi connectivity index (χ0n) is 10.7. The normalized spacial score (nSPS) is 21.2. The molecule has 0 spiro atoms. The lowest BCUT2D eigenvalue weighted by atomic mass is 9.96. The summed E-state index contributed by atoms with van der Waals surface area (Å²) in [7, 11) is 0. The first-order valence-corrected chi connectivity index (χ1v) is 6.29. The summed E-state index contributed by atoms with van der Waals surface area (Å²) in [5.41, 5.74) is 1.02. The van der Waals surface area contributed by atoms with Gasteiger partial charge in [0.05, 0.1) is 18.9 Å². The predicted octanol–water partition coefficient (Wildman–Crippen LogP) is 2.48. The third-order valence-corrected chi connectivity index (χ3v) is 2.91. The molecule has 0 aromatic heterocycles. The van der Waals surface area contributed by atoms with Crippen molar-refractivity contribution in [2.24, 2.45) is 0 Å². The molecule has 1 aromatic carbocycles. The quantitative estimate of drug-likeness (QED) is 0.753. The van der Waals surface area contributed by atoms with Crippen molar-refractivity contribution in [1.29, 1.82) is 0 Å². The molecular weight excluding hydrogens is 232 g/mol. The topological polar surface area (TPSA) is 44.8 Å². The van der Waals surface area contributed by atoms with Gasteiger partial charge < -0.3 is 14.2 Å². The van der Waals surface area contributed by atoms with Gasteiger partial charge in [-0.15, -0.1) is 0 Å². The molecule has 0 bridgehead atoms. The van der Waals surface area contributed by atoms with Crippen LogP contribution in [0.15, 0.2) is 24.3 Å².